The van der Waals surface area contributed by atoms with Gasteiger partial charge < -0.3 is 10.4 Å². The van der Waals surface area contributed by atoms with E-state index < -0.39 is 12.0 Å². The summed E-state index contributed by atoms with van der Waals surface area (Å²) in [7, 11) is 0. The predicted octanol–water partition coefficient (Wildman–Crippen LogP) is 4.03. The highest BCUT2D eigenvalue weighted by molar-refractivity contribution is 7.15. The minimum atomic E-state index is -1.01. The predicted molar refractivity (Wildman–Crippen MR) is 92.3 cm³/mol. The number of rotatable bonds is 6. The smallest absolute Gasteiger partial charge is 0.338 e. The molecule has 0 bridgehead atoms. The average molecular weight is 332 g/mol. The molecule has 2 rings (SSSR count). The lowest BCUT2D eigenvalue weighted by Crippen LogP contribution is -2.28. The molecule has 122 valence electrons. The summed E-state index contributed by atoms with van der Waals surface area (Å²) in [6.45, 7) is 4.38. The van der Waals surface area contributed by atoms with Gasteiger partial charge in [-0.3, -0.25) is 5.32 Å². The quantitative estimate of drug-likeness (QED) is 0.747. The number of benzene rings is 1. The van der Waals surface area contributed by atoms with Crippen molar-refractivity contribution in [1.82, 2.24) is 5.32 Å². The second-order valence-corrected chi connectivity index (χ2v) is 6.19. The molecule has 5 nitrogen and oxygen atoms in total. The van der Waals surface area contributed by atoms with Crippen LogP contribution in [0.15, 0.2) is 29.6 Å². The first kappa shape index (κ1) is 17.0. The van der Waals surface area contributed by atoms with Gasteiger partial charge in [-0.15, -0.1) is 11.3 Å². The monoisotopic (exact) mass is 332 g/mol. The second-order valence-electron chi connectivity index (χ2n) is 5.31. The third kappa shape index (κ3) is 4.56. The summed E-state index contributed by atoms with van der Waals surface area (Å²) in [4.78, 5) is 23.4. The van der Waals surface area contributed by atoms with E-state index in [1.54, 1.807) is 5.38 Å². The normalized spacial score (nSPS) is 10.3. The fraction of sp³-hybridized carbons (Fsp3) is 0.294. The van der Waals surface area contributed by atoms with Gasteiger partial charge in [0.05, 0.1) is 5.56 Å². The second kappa shape index (κ2) is 7.78. The van der Waals surface area contributed by atoms with Crippen molar-refractivity contribution in [2.24, 2.45) is 0 Å². The molecule has 0 aliphatic rings. The van der Waals surface area contributed by atoms with Gasteiger partial charge in [0.1, 0.15) is 5.00 Å². The van der Waals surface area contributed by atoms with Crippen molar-refractivity contribution in [2.75, 3.05) is 5.32 Å². The Bertz CT molecular complexity index is 692. The van der Waals surface area contributed by atoms with E-state index in [0.717, 1.165) is 23.1 Å². The molecule has 1 heterocycles. The number of urea groups is 1. The number of carboxylic acids is 1. The Balaban J connectivity index is 1.99. The number of carbonyl (C=O) groups is 2. The first-order valence-electron chi connectivity index (χ1n) is 7.45. The minimum absolute atomic E-state index is 0.197. The number of carbonyl (C=O) groups excluding carboxylic acids is 1. The highest BCUT2D eigenvalue weighted by Crippen LogP contribution is 2.29. The molecule has 1 aromatic carbocycles. The molecule has 2 amide bonds. The molecule has 0 radical (unpaired) electrons. The maximum atomic E-state index is 12.0. The first-order chi connectivity index (χ1) is 11.0. The molecule has 0 spiro atoms. The molecule has 0 aliphatic heterocycles. The van der Waals surface area contributed by atoms with Gasteiger partial charge in [0.15, 0.2) is 0 Å². The number of carboxylic acid groups (broad SMARTS) is 1. The van der Waals surface area contributed by atoms with Crippen LogP contribution in [-0.4, -0.2) is 17.1 Å². The zero-order valence-corrected chi connectivity index (χ0v) is 14.0. The summed E-state index contributed by atoms with van der Waals surface area (Å²) in [5, 5.41) is 16.9. The van der Waals surface area contributed by atoms with Crippen molar-refractivity contribution >= 4 is 28.3 Å². The maximum absolute atomic E-state index is 12.0. The van der Waals surface area contributed by atoms with Crippen molar-refractivity contribution in [1.29, 1.82) is 0 Å². The standard InChI is InChI=1S/C17H20N2O3S/c1-3-4-13-10-23-15(14(13)16(20)21)19-17(22)18-9-12-7-5-11(2)6-8-12/h5-8,10H,3-4,9H2,1-2H3,(H,20,21)(H2,18,19,22). The van der Waals surface area contributed by atoms with Crippen LogP contribution in [0.1, 0.15) is 40.4 Å². The van der Waals surface area contributed by atoms with Crippen LogP contribution in [-0.2, 0) is 13.0 Å². The molecule has 3 N–H and O–H groups in total. The molecule has 0 unspecified atom stereocenters. The molecule has 0 saturated carbocycles. The Morgan fingerprint density at radius 1 is 1.22 bits per heavy atom. The van der Waals surface area contributed by atoms with Crippen molar-refractivity contribution in [2.45, 2.75) is 33.2 Å². The molecule has 1 aromatic heterocycles. The van der Waals surface area contributed by atoms with Crippen LogP contribution in [0.3, 0.4) is 0 Å². The molecule has 6 heteroatoms. The highest BCUT2D eigenvalue weighted by atomic mass is 32.1. The van der Waals surface area contributed by atoms with E-state index in [1.165, 1.54) is 11.3 Å². The topological polar surface area (TPSA) is 78.4 Å². The molecule has 0 aliphatic carbocycles. The van der Waals surface area contributed by atoms with Gasteiger partial charge in [-0.2, -0.15) is 0 Å². The highest BCUT2D eigenvalue weighted by Gasteiger charge is 2.19. The van der Waals surface area contributed by atoms with Gasteiger partial charge in [-0.05, 0) is 29.9 Å². The van der Waals surface area contributed by atoms with Gasteiger partial charge in [-0.1, -0.05) is 43.2 Å². The summed E-state index contributed by atoms with van der Waals surface area (Å²) < 4.78 is 0. The average Bonchev–Trinajstić information content (AvgIpc) is 2.90. The van der Waals surface area contributed by atoms with E-state index in [2.05, 4.69) is 10.6 Å². The summed E-state index contributed by atoms with van der Waals surface area (Å²) in [5.41, 5.74) is 3.11. The Hall–Kier alpha value is -2.34. The van der Waals surface area contributed by atoms with E-state index in [1.807, 2.05) is 38.1 Å². The number of aromatic carboxylic acids is 1. The van der Waals surface area contributed by atoms with Gasteiger partial charge in [0.25, 0.3) is 0 Å². The number of amides is 2. The van der Waals surface area contributed by atoms with Gasteiger partial charge >= 0.3 is 12.0 Å². The number of hydrogen-bond acceptors (Lipinski definition) is 3. The van der Waals surface area contributed by atoms with E-state index in [4.69, 9.17) is 0 Å². The molecule has 0 fully saturated rings. The van der Waals surface area contributed by atoms with Crippen molar-refractivity contribution in [3.05, 3.63) is 51.9 Å². The maximum Gasteiger partial charge on any atom is 0.338 e. The number of aryl methyl sites for hydroxylation is 2. The fourth-order valence-corrected chi connectivity index (χ4v) is 3.19. The Morgan fingerprint density at radius 3 is 2.52 bits per heavy atom. The van der Waals surface area contributed by atoms with Crippen molar-refractivity contribution in [3.8, 4) is 0 Å². The van der Waals surface area contributed by atoms with Gasteiger partial charge in [0.2, 0.25) is 0 Å². The third-order valence-electron chi connectivity index (χ3n) is 3.40. The van der Waals surface area contributed by atoms with Crippen molar-refractivity contribution < 1.29 is 14.7 Å². The van der Waals surface area contributed by atoms with Gasteiger partial charge in [-0.25, -0.2) is 9.59 Å². The van der Waals surface area contributed by atoms with Crippen molar-refractivity contribution in [3.63, 3.8) is 0 Å². The minimum Gasteiger partial charge on any atom is -0.478 e. The van der Waals surface area contributed by atoms with Crippen LogP contribution in [0.25, 0.3) is 0 Å². The van der Waals surface area contributed by atoms with Crippen LogP contribution in [0.2, 0.25) is 0 Å². The number of hydrogen-bond donors (Lipinski definition) is 3. The van der Waals surface area contributed by atoms with Crippen LogP contribution >= 0.6 is 11.3 Å². The molecule has 2 aromatic rings. The lowest BCUT2D eigenvalue weighted by atomic mass is 10.1. The van der Waals surface area contributed by atoms with E-state index >= 15 is 0 Å². The SMILES string of the molecule is CCCc1csc(NC(=O)NCc2ccc(C)cc2)c1C(=O)O. The van der Waals surface area contributed by atoms with Crippen LogP contribution in [0.4, 0.5) is 9.80 Å². The number of anilines is 1. The molecule has 0 saturated heterocycles. The van der Waals surface area contributed by atoms with E-state index in [-0.39, 0.29) is 5.56 Å². The number of thiophene rings is 1. The van der Waals surface area contributed by atoms with E-state index in [9.17, 15) is 14.7 Å². The van der Waals surface area contributed by atoms with Crippen LogP contribution < -0.4 is 10.6 Å². The molecular weight excluding hydrogens is 312 g/mol. The zero-order chi connectivity index (χ0) is 16.8. The summed E-state index contributed by atoms with van der Waals surface area (Å²) in [6, 6.07) is 7.45. The molecular formula is C17H20N2O3S. The number of nitrogens with one attached hydrogen (secondary N) is 2. The van der Waals surface area contributed by atoms with Crippen LogP contribution in [0.5, 0.6) is 0 Å². The molecule has 0 atom stereocenters. The Kier molecular flexibility index (Phi) is 5.76. The van der Waals surface area contributed by atoms with Crippen LogP contribution in [0, 0.1) is 6.92 Å². The zero-order valence-electron chi connectivity index (χ0n) is 13.2. The lowest BCUT2D eigenvalue weighted by Gasteiger charge is -2.08. The largest absolute Gasteiger partial charge is 0.478 e. The van der Waals surface area contributed by atoms with E-state index in [0.29, 0.717) is 18.0 Å². The van der Waals surface area contributed by atoms with Gasteiger partial charge in [0, 0.05) is 6.54 Å². The third-order valence-corrected chi connectivity index (χ3v) is 4.35. The Morgan fingerprint density at radius 2 is 1.91 bits per heavy atom. The molecule has 23 heavy (non-hydrogen) atoms. The summed E-state index contributed by atoms with van der Waals surface area (Å²) >= 11 is 1.24. The fourth-order valence-electron chi connectivity index (χ4n) is 2.21. The summed E-state index contributed by atoms with van der Waals surface area (Å²) in [5.74, 6) is -1.01. The Labute approximate surface area is 139 Å². The summed E-state index contributed by atoms with van der Waals surface area (Å²) in [6.07, 6.45) is 1.54. The lowest BCUT2D eigenvalue weighted by molar-refractivity contribution is 0.0697. The first-order valence-corrected chi connectivity index (χ1v) is 8.33.